The first kappa shape index (κ1) is 13.3. The molecule has 0 radical (unpaired) electrons. The van der Waals surface area contributed by atoms with Crippen LogP contribution in [0.25, 0.3) is 11.2 Å². The van der Waals surface area contributed by atoms with Gasteiger partial charge in [-0.15, -0.1) is 10.2 Å². The molecule has 2 heterocycles. The number of nitrogens with zero attached hydrogens (tertiary/aromatic N) is 3. The zero-order valence-corrected chi connectivity index (χ0v) is 12.9. The third kappa shape index (κ3) is 1.82. The molecule has 0 spiro atoms. The van der Waals surface area contributed by atoms with Gasteiger partial charge >= 0.3 is 0 Å². The van der Waals surface area contributed by atoms with Crippen molar-refractivity contribution in [2.75, 3.05) is 0 Å². The van der Waals surface area contributed by atoms with Crippen molar-refractivity contribution in [2.45, 2.75) is 12.3 Å². The van der Waals surface area contributed by atoms with E-state index < -0.39 is 0 Å². The second-order valence-electron chi connectivity index (χ2n) is 5.63. The lowest BCUT2D eigenvalue weighted by molar-refractivity contribution is 0.796. The van der Waals surface area contributed by atoms with Crippen LogP contribution in [-0.4, -0.2) is 14.6 Å². The van der Waals surface area contributed by atoms with Crippen molar-refractivity contribution in [1.29, 1.82) is 0 Å². The molecule has 0 unspecified atom stereocenters. The number of pyridine rings is 1. The van der Waals surface area contributed by atoms with Crippen LogP contribution in [0.2, 0.25) is 5.02 Å². The Hall–Kier alpha value is -2.39. The van der Waals surface area contributed by atoms with Gasteiger partial charge in [-0.1, -0.05) is 42.5 Å². The number of fused-ring (bicyclic) bond motifs is 1. The molecule has 1 aliphatic rings. The van der Waals surface area contributed by atoms with Gasteiger partial charge in [0.25, 0.3) is 0 Å². The van der Waals surface area contributed by atoms with Crippen molar-refractivity contribution in [2.24, 2.45) is 0 Å². The molecule has 3 aromatic rings. The van der Waals surface area contributed by atoms with Gasteiger partial charge in [0.15, 0.2) is 11.5 Å². The molecule has 1 aromatic carbocycles. The smallest absolute Gasteiger partial charge is 0.168 e. The minimum absolute atomic E-state index is 0.280. The molecule has 3 nitrogen and oxygen atoms in total. The van der Waals surface area contributed by atoms with Gasteiger partial charge in [0.05, 0.1) is 5.41 Å². The topological polar surface area (TPSA) is 30.2 Å². The van der Waals surface area contributed by atoms with Crippen molar-refractivity contribution in [3.63, 3.8) is 0 Å². The highest BCUT2D eigenvalue weighted by atomic mass is 35.5. The maximum absolute atomic E-state index is 5.99. The van der Waals surface area contributed by atoms with E-state index in [0.717, 1.165) is 33.2 Å². The van der Waals surface area contributed by atoms with Gasteiger partial charge in [0.2, 0.25) is 0 Å². The summed E-state index contributed by atoms with van der Waals surface area (Å²) in [7, 11) is 0. The SMILES string of the molecule is C=C(C)c1cccn2c(C3(c4ccc(Cl)cc4)C=C3)nnc12. The fraction of sp³-hybridized carbons (Fsp3) is 0.111. The second-order valence-corrected chi connectivity index (χ2v) is 6.07. The van der Waals surface area contributed by atoms with Crippen LogP contribution in [0.5, 0.6) is 0 Å². The monoisotopic (exact) mass is 307 g/mol. The number of hydrogen-bond acceptors (Lipinski definition) is 2. The summed E-state index contributed by atoms with van der Waals surface area (Å²) < 4.78 is 2.04. The number of allylic oxidation sites excluding steroid dienone is 3. The van der Waals surface area contributed by atoms with Gasteiger partial charge in [-0.3, -0.25) is 4.40 Å². The summed E-state index contributed by atoms with van der Waals surface area (Å²) in [6, 6.07) is 11.9. The van der Waals surface area contributed by atoms with E-state index in [1.807, 2.05) is 53.9 Å². The van der Waals surface area contributed by atoms with Gasteiger partial charge in [0.1, 0.15) is 0 Å². The Bertz CT molecular complexity index is 913. The minimum atomic E-state index is -0.280. The van der Waals surface area contributed by atoms with Crippen LogP contribution >= 0.6 is 11.6 Å². The van der Waals surface area contributed by atoms with E-state index in [4.69, 9.17) is 11.6 Å². The highest BCUT2D eigenvalue weighted by Crippen LogP contribution is 2.44. The lowest BCUT2D eigenvalue weighted by atomic mass is 9.92. The Kier molecular flexibility index (Phi) is 2.75. The minimum Gasteiger partial charge on any atom is -0.285 e. The van der Waals surface area contributed by atoms with Crippen molar-refractivity contribution in [1.82, 2.24) is 14.6 Å². The molecule has 0 amide bonds. The average molecular weight is 308 g/mol. The lowest BCUT2D eigenvalue weighted by Crippen LogP contribution is -2.15. The predicted octanol–water partition coefficient (Wildman–Crippen LogP) is 4.27. The molecular weight excluding hydrogens is 294 g/mol. The Balaban J connectivity index is 1.90. The zero-order valence-electron chi connectivity index (χ0n) is 12.1. The summed E-state index contributed by atoms with van der Waals surface area (Å²) in [5, 5.41) is 9.55. The molecule has 0 fully saturated rings. The molecule has 4 rings (SSSR count). The molecule has 1 aliphatic carbocycles. The quantitative estimate of drug-likeness (QED) is 0.676. The fourth-order valence-corrected chi connectivity index (χ4v) is 2.94. The van der Waals surface area contributed by atoms with E-state index in [1.54, 1.807) is 0 Å². The molecule has 0 bridgehead atoms. The summed E-state index contributed by atoms with van der Waals surface area (Å²) >= 11 is 5.99. The molecule has 0 saturated heterocycles. The van der Waals surface area contributed by atoms with Crippen LogP contribution in [0, 0.1) is 0 Å². The van der Waals surface area contributed by atoms with Gasteiger partial charge in [-0.25, -0.2) is 0 Å². The molecule has 0 aliphatic heterocycles. The van der Waals surface area contributed by atoms with Gasteiger partial charge < -0.3 is 0 Å². The molecule has 4 heteroatoms. The average Bonchev–Trinajstić information content (AvgIpc) is 3.20. The van der Waals surface area contributed by atoms with Gasteiger partial charge in [0, 0.05) is 16.8 Å². The van der Waals surface area contributed by atoms with Crippen LogP contribution in [0.4, 0.5) is 0 Å². The first-order valence-electron chi connectivity index (χ1n) is 7.08. The Labute approximate surface area is 133 Å². The predicted molar refractivity (Wildman–Crippen MR) is 89.1 cm³/mol. The van der Waals surface area contributed by atoms with E-state index in [9.17, 15) is 0 Å². The van der Waals surface area contributed by atoms with E-state index >= 15 is 0 Å². The third-order valence-electron chi connectivity index (χ3n) is 4.09. The Morgan fingerprint density at radius 1 is 1.14 bits per heavy atom. The number of rotatable bonds is 3. The largest absolute Gasteiger partial charge is 0.285 e. The van der Waals surface area contributed by atoms with E-state index in [-0.39, 0.29) is 5.41 Å². The van der Waals surface area contributed by atoms with Crippen LogP contribution in [0.3, 0.4) is 0 Å². The molecular formula is C18H14ClN3. The first-order chi connectivity index (χ1) is 10.6. The van der Waals surface area contributed by atoms with E-state index in [0.29, 0.717) is 0 Å². The zero-order chi connectivity index (χ0) is 15.3. The molecule has 22 heavy (non-hydrogen) atoms. The summed E-state index contributed by atoms with van der Waals surface area (Å²) in [6.07, 6.45) is 6.27. The number of aromatic nitrogens is 3. The maximum atomic E-state index is 5.99. The highest BCUT2D eigenvalue weighted by Gasteiger charge is 2.42. The molecule has 2 aromatic heterocycles. The van der Waals surface area contributed by atoms with Crippen LogP contribution in [0.15, 0.2) is 61.3 Å². The fourth-order valence-electron chi connectivity index (χ4n) is 2.81. The Morgan fingerprint density at radius 2 is 1.86 bits per heavy atom. The van der Waals surface area contributed by atoms with Crippen LogP contribution in [0.1, 0.15) is 23.9 Å². The van der Waals surface area contributed by atoms with Crippen LogP contribution in [-0.2, 0) is 5.41 Å². The molecule has 0 atom stereocenters. The number of hydrogen-bond donors (Lipinski definition) is 0. The van der Waals surface area contributed by atoms with Crippen LogP contribution < -0.4 is 0 Å². The summed E-state index contributed by atoms with van der Waals surface area (Å²) in [5.74, 6) is 0.896. The summed E-state index contributed by atoms with van der Waals surface area (Å²) in [6.45, 7) is 6.00. The standard InChI is InChI=1S/C18H14ClN3/c1-12(2)15-4-3-11-22-16(15)20-21-17(22)18(9-10-18)13-5-7-14(19)8-6-13/h3-11H,1H2,2H3. The first-order valence-corrected chi connectivity index (χ1v) is 7.46. The summed E-state index contributed by atoms with van der Waals surface area (Å²) in [4.78, 5) is 0. The second kappa shape index (κ2) is 4.55. The molecule has 0 saturated carbocycles. The number of halogens is 1. The molecule has 0 N–H and O–H groups in total. The Morgan fingerprint density at radius 3 is 2.50 bits per heavy atom. The molecule has 108 valence electrons. The van der Waals surface area contributed by atoms with Gasteiger partial charge in [-0.05, 0) is 42.3 Å². The highest BCUT2D eigenvalue weighted by molar-refractivity contribution is 6.30. The normalized spacial score (nSPS) is 15.2. The van der Waals surface area contributed by atoms with Gasteiger partial charge in [-0.2, -0.15) is 0 Å². The lowest BCUT2D eigenvalue weighted by Gasteiger charge is -2.15. The summed E-state index contributed by atoms with van der Waals surface area (Å²) in [5.41, 5.74) is 3.71. The van der Waals surface area contributed by atoms with Crippen molar-refractivity contribution in [3.8, 4) is 0 Å². The maximum Gasteiger partial charge on any atom is 0.168 e. The van der Waals surface area contributed by atoms with E-state index in [1.165, 1.54) is 0 Å². The van der Waals surface area contributed by atoms with Crippen molar-refractivity contribution >= 4 is 22.8 Å². The number of benzene rings is 1. The van der Waals surface area contributed by atoms with Crippen molar-refractivity contribution in [3.05, 3.63) is 83.3 Å². The van der Waals surface area contributed by atoms with E-state index in [2.05, 4.69) is 28.9 Å². The van der Waals surface area contributed by atoms with Crippen molar-refractivity contribution < 1.29 is 0 Å². The third-order valence-corrected chi connectivity index (χ3v) is 4.34.